The first-order valence-corrected chi connectivity index (χ1v) is 10.8. The fourth-order valence-electron chi connectivity index (χ4n) is 4.37. The monoisotopic (exact) mass is 445 g/mol. The number of aromatic nitrogens is 3. The summed E-state index contributed by atoms with van der Waals surface area (Å²) in [4.78, 5) is 20.2. The molecule has 160 valence electrons. The van der Waals surface area contributed by atoms with Gasteiger partial charge in [0.2, 0.25) is 0 Å². The first kappa shape index (κ1) is 20.3. The molecule has 32 heavy (non-hydrogen) atoms. The normalized spacial score (nSPS) is 15.1. The summed E-state index contributed by atoms with van der Waals surface area (Å²) in [5.41, 5.74) is 2.43. The Kier molecular flexibility index (Phi) is 5.15. The predicted molar refractivity (Wildman–Crippen MR) is 124 cm³/mol. The first-order valence-electron chi connectivity index (χ1n) is 10.4. The van der Waals surface area contributed by atoms with Crippen LogP contribution in [0.4, 0.5) is 5.95 Å². The summed E-state index contributed by atoms with van der Waals surface area (Å²) in [5.74, 6) is 0.555. The minimum absolute atomic E-state index is 0.0726. The van der Waals surface area contributed by atoms with Gasteiger partial charge in [0.15, 0.2) is 6.04 Å². The number of anilines is 1. The molecule has 7 heteroatoms. The van der Waals surface area contributed by atoms with Crippen molar-refractivity contribution in [3.8, 4) is 17.0 Å². The molecular weight excluding hydrogens is 424 g/mol. The Morgan fingerprint density at radius 1 is 1.03 bits per heavy atom. The van der Waals surface area contributed by atoms with E-state index in [2.05, 4.69) is 4.98 Å². The second kappa shape index (κ2) is 8.13. The van der Waals surface area contributed by atoms with Crippen LogP contribution in [0.3, 0.4) is 0 Å². The topological polar surface area (TPSA) is 62.2 Å². The van der Waals surface area contributed by atoms with E-state index in [4.69, 9.17) is 11.6 Å². The van der Waals surface area contributed by atoms with Gasteiger partial charge in [-0.05, 0) is 23.3 Å². The van der Waals surface area contributed by atoms with E-state index >= 15 is 0 Å². The minimum Gasteiger partial charge on any atom is -0.483 e. The molecule has 0 spiro atoms. The van der Waals surface area contributed by atoms with E-state index in [1.54, 1.807) is 15.2 Å². The zero-order chi connectivity index (χ0) is 22.2. The lowest BCUT2D eigenvalue weighted by Gasteiger charge is -2.15. The number of hydrogen-bond acceptors (Lipinski definition) is 4. The van der Waals surface area contributed by atoms with Crippen molar-refractivity contribution in [1.29, 1.82) is 0 Å². The largest absolute Gasteiger partial charge is 0.483 e. The van der Waals surface area contributed by atoms with Crippen LogP contribution in [0.5, 0.6) is 5.88 Å². The van der Waals surface area contributed by atoms with Crippen molar-refractivity contribution in [2.24, 2.45) is 0 Å². The maximum Gasteiger partial charge on any atom is 0.366 e. The van der Waals surface area contributed by atoms with Gasteiger partial charge < -0.3 is 5.11 Å². The third-order valence-electron chi connectivity index (χ3n) is 5.79. The molecule has 1 aliphatic rings. The van der Waals surface area contributed by atoms with Crippen LogP contribution in [0.15, 0.2) is 83.7 Å². The van der Waals surface area contributed by atoms with Crippen LogP contribution in [0.1, 0.15) is 17.3 Å². The predicted octanol–water partition coefficient (Wildman–Crippen LogP) is 3.64. The number of hydrogen-bond donors (Lipinski definition) is 1. The van der Waals surface area contributed by atoms with Crippen molar-refractivity contribution in [2.75, 3.05) is 18.5 Å². The lowest BCUT2D eigenvalue weighted by molar-refractivity contribution is -0.692. The molecule has 2 aromatic carbocycles. The second-order valence-electron chi connectivity index (χ2n) is 7.89. The molecule has 5 rings (SSSR count). The van der Waals surface area contributed by atoms with E-state index < -0.39 is 0 Å². The lowest BCUT2D eigenvalue weighted by Crippen LogP contribution is -2.54. The quantitative estimate of drug-likeness (QED) is 0.385. The lowest BCUT2D eigenvalue weighted by atomic mass is 10.1. The molecule has 0 amide bonds. The zero-order valence-electron chi connectivity index (χ0n) is 17.5. The third kappa shape index (κ3) is 3.42. The molecule has 1 aliphatic heterocycles. The molecule has 4 aromatic rings. The number of likely N-dealkylation sites (N-methyl/N-ethyl adjacent to an activating group) is 1. The van der Waals surface area contributed by atoms with Gasteiger partial charge in [0.25, 0.3) is 5.88 Å². The Morgan fingerprint density at radius 3 is 2.41 bits per heavy atom. The number of fused-ring (bicyclic) bond motifs is 1. The molecule has 1 atom stereocenters. The van der Waals surface area contributed by atoms with Crippen molar-refractivity contribution in [1.82, 2.24) is 9.55 Å². The summed E-state index contributed by atoms with van der Waals surface area (Å²) in [6.07, 6.45) is 0. The summed E-state index contributed by atoms with van der Waals surface area (Å²) in [6.45, 7) is 0.933. The van der Waals surface area contributed by atoms with Crippen molar-refractivity contribution >= 4 is 17.5 Å². The number of rotatable bonds is 4. The van der Waals surface area contributed by atoms with Gasteiger partial charge in [-0.15, -0.1) is 0 Å². The molecule has 0 saturated carbocycles. The highest BCUT2D eigenvalue weighted by molar-refractivity contribution is 6.29. The van der Waals surface area contributed by atoms with E-state index in [-0.39, 0.29) is 23.0 Å². The molecular formula is C25H22ClN4O2+. The molecule has 1 N–H and O–H groups in total. The fraction of sp³-hybridized carbons (Fsp3) is 0.160. The van der Waals surface area contributed by atoms with Crippen LogP contribution < -0.4 is 15.0 Å². The second-order valence-corrected chi connectivity index (χ2v) is 8.28. The van der Waals surface area contributed by atoms with E-state index in [0.29, 0.717) is 29.8 Å². The molecule has 1 unspecified atom stereocenters. The highest BCUT2D eigenvalue weighted by Crippen LogP contribution is 2.37. The Bertz CT molecular complexity index is 1340. The van der Waals surface area contributed by atoms with Crippen LogP contribution in [-0.2, 0) is 6.54 Å². The van der Waals surface area contributed by atoms with Gasteiger partial charge in [0.1, 0.15) is 23.8 Å². The average molecular weight is 446 g/mol. The van der Waals surface area contributed by atoms with Crippen molar-refractivity contribution in [2.45, 2.75) is 12.6 Å². The maximum atomic E-state index is 13.7. The van der Waals surface area contributed by atoms with Crippen LogP contribution in [0, 0.1) is 0 Å². The van der Waals surface area contributed by atoms with Gasteiger partial charge in [-0.1, -0.05) is 78.3 Å². The molecule has 3 heterocycles. The SMILES string of the molecule is CN1CC(c2cccc(Cl)n2)n2c(O)c(-c3ccccc3)c(=O)[n+](Cc3ccccc3)c21. The fourth-order valence-corrected chi connectivity index (χ4v) is 4.54. The highest BCUT2D eigenvalue weighted by atomic mass is 35.5. The summed E-state index contributed by atoms with van der Waals surface area (Å²) in [5, 5.41) is 11.8. The summed E-state index contributed by atoms with van der Waals surface area (Å²) < 4.78 is 3.52. The molecule has 2 aromatic heterocycles. The maximum absolute atomic E-state index is 13.7. The molecule has 0 fully saturated rings. The average Bonchev–Trinajstić information content (AvgIpc) is 3.16. The van der Waals surface area contributed by atoms with Crippen LogP contribution in [0.2, 0.25) is 5.15 Å². The summed E-state index contributed by atoms with van der Waals surface area (Å²) in [7, 11) is 1.92. The van der Waals surface area contributed by atoms with Gasteiger partial charge in [0.05, 0.1) is 12.7 Å². The number of nitrogens with zero attached hydrogens (tertiary/aromatic N) is 4. The molecule has 6 nitrogen and oxygen atoms in total. The highest BCUT2D eigenvalue weighted by Gasteiger charge is 2.42. The molecule has 0 saturated heterocycles. The van der Waals surface area contributed by atoms with Gasteiger partial charge in [-0.25, -0.2) is 9.78 Å². The molecule has 0 radical (unpaired) electrons. The first-order chi connectivity index (χ1) is 15.5. The smallest absolute Gasteiger partial charge is 0.366 e. The number of halogens is 1. The Labute approximate surface area is 190 Å². The van der Waals surface area contributed by atoms with Crippen molar-refractivity contribution in [3.05, 3.63) is 106 Å². The van der Waals surface area contributed by atoms with E-state index in [1.165, 1.54) is 0 Å². The van der Waals surface area contributed by atoms with Gasteiger partial charge in [-0.3, -0.25) is 4.90 Å². The van der Waals surface area contributed by atoms with Crippen LogP contribution in [-0.4, -0.2) is 28.3 Å². The number of pyridine rings is 1. The van der Waals surface area contributed by atoms with E-state index in [9.17, 15) is 9.90 Å². The van der Waals surface area contributed by atoms with Crippen LogP contribution >= 0.6 is 11.6 Å². The number of benzene rings is 2. The number of aromatic hydroxyl groups is 1. The summed E-state index contributed by atoms with van der Waals surface area (Å²) >= 11 is 6.17. The van der Waals surface area contributed by atoms with Crippen molar-refractivity contribution in [3.63, 3.8) is 0 Å². The van der Waals surface area contributed by atoms with E-state index in [0.717, 1.165) is 11.3 Å². The molecule has 0 aliphatic carbocycles. The Morgan fingerprint density at radius 2 is 1.72 bits per heavy atom. The minimum atomic E-state index is -0.293. The van der Waals surface area contributed by atoms with Crippen LogP contribution in [0.25, 0.3) is 11.1 Å². The van der Waals surface area contributed by atoms with Gasteiger partial charge in [-0.2, -0.15) is 9.13 Å². The Balaban J connectivity index is 1.79. The van der Waals surface area contributed by atoms with Gasteiger partial charge >= 0.3 is 11.5 Å². The summed E-state index contributed by atoms with van der Waals surface area (Å²) in [6, 6.07) is 24.3. The zero-order valence-corrected chi connectivity index (χ0v) is 18.3. The van der Waals surface area contributed by atoms with E-state index in [1.807, 2.05) is 84.7 Å². The molecule has 0 bridgehead atoms. The Hall–Kier alpha value is -3.64. The van der Waals surface area contributed by atoms with Gasteiger partial charge in [0, 0.05) is 0 Å². The van der Waals surface area contributed by atoms with Crippen molar-refractivity contribution < 1.29 is 9.67 Å². The third-order valence-corrected chi connectivity index (χ3v) is 6.00. The standard InChI is InChI=1S/C25H21ClN4O2/c1-28-16-20(19-13-8-14-21(26)27-19)30-24(32)22(18-11-6-3-7-12-18)23(31)29(25(28)30)15-17-9-4-2-5-10-17/h2-14,20H,15-16H2,1H3/p+1.